The van der Waals surface area contributed by atoms with E-state index in [4.69, 9.17) is 21.1 Å². The zero-order chi connectivity index (χ0) is 18.9. The number of ether oxygens (including phenoxy) is 2. The highest BCUT2D eigenvalue weighted by atomic mass is 35.5. The van der Waals surface area contributed by atoms with E-state index in [9.17, 15) is 9.59 Å². The van der Waals surface area contributed by atoms with Gasteiger partial charge in [-0.1, -0.05) is 18.5 Å². The molecule has 2 aromatic carbocycles. The van der Waals surface area contributed by atoms with E-state index in [1.165, 1.54) is 6.92 Å². The Hall–Kier alpha value is -2.53. The molecule has 2 rings (SSSR count). The zero-order valence-electron chi connectivity index (χ0n) is 14.9. The van der Waals surface area contributed by atoms with Gasteiger partial charge in [0.15, 0.2) is 5.78 Å². The van der Waals surface area contributed by atoms with E-state index in [2.05, 4.69) is 5.32 Å². The summed E-state index contributed by atoms with van der Waals surface area (Å²) in [5.41, 5.74) is 1.00. The molecule has 0 aromatic heterocycles. The van der Waals surface area contributed by atoms with Crippen LogP contribution in [0.2, 0.25) is 5.02 Å². The molecule has 6 heteroatoms. The molecule has 0 unspecified atom stereocenters. The average molecular weight is 376 g/mol. The second-order valence-electron chi connectivity index (χ2n) is 5.72. The Morgan fingerprint density at radius 2 is 1.73 bits per heavy atom. The Morgan fingerprint density at radius 1 is 1.04 bits per heavy atom. The normalized spacial score (nSPS) is 10.3. The van der Waals surface area contributed by atoms with Crippen molar-refractivity contribution in [2.45, 2.75) is 26.7 Å². The van der Waals surface area contributed by atoms with Gasteiger partial charge in [-0.15, -0.1) is 0 Å². The quantitative estimate of drug-likeness (QED) is 0.508. The van der Waals surface area contributed by atoms with E-state index in [0.717, 1.165) is 6.42 Å². The molecule has 0 atom stereocenters. The van der Waals surface area contributed by atoms with Gasteiger partial charge in [0.05, 0.1) is 5.56 Å². The summed E-state index contributed by atoms with van der Waals surface area (Å²) >= 11 is 5.82. The molecule has 1 amide bonds. The molecule has 0 heterocycles. The summed E-state index contributed by atoms with van der Waals surface area (Å²) in [6, 6.07) is 12.1. The first-order valence-electron chi connectivity index (χ1n) is 8.45. The number of carbonyl (C=O) groups excluding carboxylic acids is 2. The van der Waals surface area contributed by atoms with Crippen molar-refractivity contribution >= 4 is 29.0 Å². The number of Topliss-reactive ketones (excluding diaryl/α,β-unsaturated/α-hetero) is 1. The topological polar surface area (TPSA) is 64.6 Å². The second kappa shape index (κ2) is 9.82. The van der Waals surface area contributed by atoms with E-state index >= 15 is 0 Å². The van der Waals surface area contributed by atoms with Crippen molar-refractivity contribution in [3.8, 4) is 11.5 Å². The minimum atomic E-state index is -0.134. The summed E-state index contributed by atoms with van der Waals surface area (Å²) in [6.07, 6.45) is 1.20. The van der Waals surface area contributed by atoms with Crippen LogP contribution in [0.3, 0.4) is 0 Å². The standard InChI is InChI=1S/C20H22ClNO4/c1-3-4-20(24)22-16-7-10-19(18(13-16)14(2)23)26-12-11-25-17-8-5-15(21)6-9-17/h5-10,13H,3-4,11-12H2,1-2H3,(H,22,24). The maximum atomic E-state index is 11.9. The van der Waals surface area contributed by atoms with E-state index in [-0.39, 0.29) is 18.3 Å². The Balaban J connectivity index is 1.94. The monoisotopic (exact) mass is 375 g/mol. The molecule has 138 valence electrons. The largest absolute Gasteiger partial charge is 0.490 e. The third-order valence-electron chi connectivity index (χ3n) is 3.54. The predicted octanol–water partition coefficient (Wildman–Crippen LogP) is 4.74. The van der Waals surface area contributed by atoms with Gasteiger partial charge in [0.2, 0.25) is 5.91 Å². The van der Waals surface area contributed by atoms with Crippen LogP contribution in [-0.2, 0) is 4.79 Å². The van der Waals surface area contributed by atoms with Crippen LogP contribution in [0.1, 0.15) is 37.0 Å². The van der Waals surface area contributed by atoms with Crippen LogP contribution in [0, 0.1) is 0 Å². The van der Waals surface area contributed by atoms with Crippen LogP contribution in [0.4, 0.5) is 5.69 Å². The molecule has 0 saturated heterocycles. The lowest BCUT2D eigenvalue weighted by atomic mass is 10.1. The fourth-order valence-electron chi connectivity index (χ4n) is 2.30. The van der Waals surface area contributed by atoms with Crippen molar-refractivity contribution in [1.82, 2.24) is 0 Å². The van der Waals surface area contributed by atoms with Crippen LogP contribution >= 0.6 is 11.6 Å². The summed E-state index contributed by atoms with van der Waals surface area (Å²) in [4.78, 5) is 23.6. The molecule has 0 spiro atoms. The Kier molecular flexibility index (Phi) is 7.48. The van der Waals surface area contributed by atoms with Crippen molar-refractivity contribution in [2.24, 2.45) is 0 Å². The molecular formula is C20H22ClNO4. The summed E-state index contributed by atoms with van der Waals surface area (Å²) in [7, 11) is 0. The lowest BCUT2D eigenvalue weighted by Gasteiger charge is -2.13. The second-order valence-corrected chi connectivity index (χ2v) is 6.15. The zero-order valence-corrected chi connectivity index (χ0v) is 15.6. The van der Waals surface area contributed by atoms with Crippen molar-refractivity contribution in [3.05, 3.63) is 53.1 Å². The number of carbonyl (C=O) groups is 2. The highest BCUT2D eigenvalue weighted by molar-refractivity contribution is 6.30. The number of halogens is 1. The smallest absolute Gasteiger partial charge is 0.224 e. The Labute approximate surface area is 158 Å². The number of anilines is 1. The molecule has 2 aromatic rings. The number of ketones is 1. The lowest BCUT2D eigenvalue weighted by Crippen LogP contribution is -2.13. The number of hydrogen-bond donors (Lipinski definition) is 1. The van der Waals surface area contributed by atoms with Gasteiger partial charge in [0, 0.05) is 17.1 Å². The summed E-state index contributed by atoms with van der Waals surface area (Å²) in [6.45, 7) is 4.01. The van der Waals surface area contributed by atoms with E-state index in [1.807, 2.05) is 6.92 Å². The maximum Gasteiger partial charge on any atom is 0.224 e. The molecule has 0 fully saturated rings. The van der Waals surface area contributed by atoms with Gasteiger partial charge in [-0.2, -0.15) is 0 Å². The van der Waals surface area contributed by atoms with Gasteiger partial charge in [0.1, 0.15) is 24.7 Å². The van der Waals surface area contributed by atoms with Gasteiger partial charge < -0.3 is 14.8 Å². The molecule has 0 saturated carbocycles. The molecule has 26 heavy (non-hydrogen) atoms. The number of nitrogens with one attached hydrogen (secondary N) is 1. The first kappa shape index (κ1) is 19.8. The van der Waals surface area contributed by atoms with Crippen LogP contribution in [0.25, 0.3) is 0 Å². The van der Waals surface area contributed by atoms with Crippen LogP contribution in [0.5, 0.6) is 11.5 Å². The minimum absolute atomic E-state index is 0.0768. The highest BCUT2D eigenvalue weighted by Crippen LogP contribution is 2.24. The van der Waals surface area contributed by atoms with Gasteiger partial charge in [-0.3, -0.25) is 9.59 Å². The van der Waals surface area contributed by atoms with Crippen molar-refractivity contribution in [2.75, 3.05) is 18.5 Å². The van der Waals surface area contributed by atoms with Gasteiger partial charge in [-0.25, -0.2) is 0 Å². The number of benzene rings is 2. The van der Waals surface area contributed by atoms with Gasteiger partial charge in [-0.05, 0) is 55.8 Å². The first-order valence-corrected chi connectivity index (χ1v) is 8.83. The third-order valence-corrected chi connectivity index (χ3v) is 3.79. The number of hydrogen-bond acceptors (Lipinski definition) is 4. The highest BCUT2D eigenvalue weighted by Gasteiger charge is 2.11. The predicted molar refractivity (Wildman–Crippen MR) is 102 cm³/mol. The molecule has 0 aliphatic carbocycles. The van der Waals surface area contributed by atoms with Gasteiger partial charge >= 0.3 is 0 Å². The Bertz CT molecular complexity index is 759. The molecule has 0 aliphatic heterocycles. The van der Waals surface area contributed by atoms with E-state index in [1.54, 1.807) is 42.5 Å². The van der Waals surface area contributed by atoms with E-state index in [0.29, 0.717) is 40.8 Å². The number of amides is 1. The molecule has 0 bridgehead atoms. The Morgan fingerprint density at radius 3 is 2.38 bits per heavy atom. The fraction of sp³-hybridized carbons (Fsp3) is 0.300. The minimum Gasteiger partial charge on any atom is -0.490 e. The summed E-state index contributed by atoms with van der Waals surface area (Å²) in [5, 5.41) is 3.42. The third kappa shape index (κ3) is 6.08. The number of rotatable bonds is 9. The molecule has 1 N–H and O–H groups in total. The molecule has 5 nitrogen and oxygen atoms in total. The average Bonchev–Trinajstić information content (AvgIpc) is 2.61. The lowest BCUT2D eigenvalue weighted by molar-refractivity contribution is -0.116. The SMILES string of the molecule is CCCC(=O)Nc1ccc(OCCOc2ccc(Cl)cc2)c(C(C)=O)c1. The maximum absolute atomic E-state index is 11.9. The fourth-order valence-corrected chi connectivity index (χ4v) is 2.43. The van der Waals surface area contributed by atoms with Crippen LogP contribution in [0.15, 0.2) is 42.5 Å². The van der Waals surface area contributed by atoms with Crippen molar-refractivity contribution in [1.29, 1.82) is 0 Å². The molecular weight excluding hydrogens is 354 g/mol. The molecule has 0 aliphatic rings. The summed E-state index contributed by atoms with van der Waals surface area (Å²) in [5.74, 6) is 0.946. The van der Waals surface area contributed by atoms with Crippen molar-refractivity contribution < 1.29 is 19.1 Å². The molecule has 0 radical (unpaired) electrons. The van der Waals surface area contributed by atoms with Crippen molar-refractivity contribution in [3.63, 3.8) is 0 Å². The summed E-state index contributed by atoms with van der Waals surface area (Å²) < 4.78 is 11.2. The van der Waals surface area contributed by atoms with E-state index < -0.39 is 0 Å². The van der Waals surface area contributed by atoms with Gasteiger partial charge in [0.25, 0.3) is 0 Å². The first-order chi connectivity index (χ1) is 12.5. The van der Waals surface area contributed by atoms with Crippen LogP contribution < -0.4 is 14.8 Å². The van der Waals surface area contributed by atoms with Crippen LogP contribution in [-0.4, -0.2) is 24.9 Å².